The molecular weight excluding hydrogens is 753 g/mol. The highest BCUT2D eigenvalue weighted by Crippen LogP contribution is 2.47. The summed E-state index contributed by atoms with van der Waals surface area (Å²) in [7, 11) is 0. The van der Waals surface area contributed by atoms with Gasteiger partial charge in [-0.25, -0.2) is 4.98 Å². The van der Waals surface area contributed by atoms with Crippen molar-refractivity contribution in [2.24, 2.45) is 0 Å². The van der Waals surface area contributed by atoms with Crippen LogP contribution < -0.4 is 0 Å². The lowest BCUT2D eigenvalue weighted by atomic mass is 9.84. The van der Waals surface area contributed by atoms with Crippen molar-refractivity contribution in [3.8, 4) is 58.8 Å². The molecule has 0 bridgehead atoms. The second-order valence-corrected chi connectivity index (χ2v) is 17.3. The molecule has 276 valence electrons. The Morgan fingerprint density at radius 1 is 0.339 bits per heavy atom. The normalized spacial score (nSPS) is 11.7. The number of aromatic nitrogens is 2. The maximum atomic E-state index is 5.14. The number of benzene rings is 9. The zero-order valence-electron chi connectivity index (χ0n) is 31.8. The van der Waals surface area contributed by atoms with Crippen LogP contribution in [0.5, 0.6) is 0 Å². The van der Waals surface area contributed by atoms with Crippen molar-refractivity contribution < 1.29 is 0 Å². The van der Waals surface area contributed by atoms with Gasteiger partial charge < -0.3 is 0 Å². The Bertz CT molecular complexity index is 3570. The molecule has 0 aliphatic rings. The molecular formula is C55H34N2S2. The van der Waals surface area contributed by atoms with Crippen LogP contribution in [0.25, 0.3) is 113 Å². The molecule has 12 aromatic rings. The molecule has 0 amide bonds. The fourth-order valence-electron chi connectivity index (χ4n) is 8.89. The first-order chi connectivity index (χ1) is 29.2. The largest absolute Gasteiger partial charge is 0.292 e. The van der Waals surface area contributed by atoms with Gasteiger partial charge in [0.25, 0.3) is 0 Å². The monoisotopic (exact) mass is 786 g/mol. The number of nitrogens with zero attached hydrogens (tertiary/aromatic N) is 2. The van der Waals surface area contributed by atoms with E-state index in [0.717, 1.165) is 27.4 Å². The third kappa shape index (κ3) is 5.72. The van der Waals surface area contributed by atoms with E-state index in [1.54, 1.807) is 11.3 Å². The lowest BCUT2D eigenvalue weighted by molar-refractivity contribution is 1.11. The molecule has 4 heteroatoms. The van der Waals surface area contributed by atoms with Crippen LogP contribution in [0.2, 0.25) is 0 Å². The number of thiophene rings is 2. The van der Waals surface area contributed by atoms with E-state index in [1.165, 1.54) is 85.5 Å². The minimum Gasteiger partial charge on any atom is -0.292 e. The number of rotatable bonds is 6. The maximum Gasteiger partial charge on any atom is 0.155 e. The standard InChI is InChI=1S/C55H34N2S2/c1-2-16-42(17-3-1)57-48-21-11-10-20-47(48)56-55(57)52-31-30-51(59-52)50-29-28-49(58-50)39-26-27-45-46(34-39)54(41-25-23-36-13-5-7-15-38(36)33-41)44-19-9-8-18-43(44)53(45)40-24-22-35-12-4-6-14-37(35)32-40/h1-34H. The van der Waals surface area contributed by atoms with E-state index in [1.807, 2.05) is 11.3 Å². The van der Waals surface area contributed by atoms with E-state index in [0.29, 0.717) is 0 Å². The van der Waals surface area contributed by atoms with Crippen molar-refractivity contribution in [1.29, 1.82) is 0 Å². The Balaban J connectivity index is 1.02. The molecule has 2 nitrogen and oxygen atoms in total. The Hall–Kier alpha value is -7.11. The van der Waals surface area contributed by atoms with Gasteiger partial charge >= 0.3 is 0 Å². The second kappa shape index (κ2) is 13.8. The van der Waals surface area contributed by atoms with Gasteiger partial charge in [-0.05, 0) is 138 Å². The van der Waals surface area contributed by atoms with Crippen molar-refractivity contribution in [1.82, 2.24) is 9.55 Å². The van der Waals surface area contributed by atoms with Gasteiger partial charge in [0.1, 0.15) is 0 Å². The summed E-state index contributed by atoms with van der Waals surface area (Å²) in [4.78, 5) is 10.0. The lowest BCUT2D eigenvalue weighted by Crippen LogP contribution is -1.95. The summed E-state index contributed by atoms with van der Waals surface area (Å²) in [6.07, 6.45) is 0. The molecule has 12 rings (SSSR count). The third-order valence-electron chi connectivity index (χ3n) is 11.6. The highest BCUT2D eigenvalue weighted by molar-refractivity contribution is 7.25. The summed E-state index contributed by atoms with van der Waals surface area (Å²) < 4.78 is 2.28. The van der Waals surface area contributed by atoms with Gasteiger partial charge in [0.2, 0.25) is 0 Å². The summed E-state index contributed by atoms with van der Waals surface area (Å²) >= 11 is 3.66. The van der Waals surface area contributed by atoms with Crippen molar-refractivity contribution in [3.05, 3.63) is 206 Å². The summed E-state index contributed by atoms with van der Waals surface area (Å²) in [6, 6.07) is 75.3. The first-order valence-electron chi connectivity index (χ1n) is 19.9. The van der Waals surface area contributed by atoms with Crippen LogP contribution in [0.4, 0.5) is 0 Å². The molecule has 0 unspecified atom stereocenters. The Morgan fingerprint density at radius 2 is 0.847 bits per heavy atom. The van der Waals surface area contributed by atoms with Crippen molar-refractivity contribution in [2.75, 3.05) is 0 Å². The minimum absolute atomic E-state index is 0.968. The quantitative estimate of drug-likeness (QED) is 0.154. The van der Waals surface area contributed by atoms with Gasteiger partial charge in [0.15, 0.2) is 5.82 Å². The highest BCUT2D eigenvalue weighted by atomic mass is 32.1. The molecule has 0 atom stereocenters. The molecule has 0 aliphatic heterocycles. The van der Waals surface area contributed by atoms with E-state index < -0.39 is 0 Å². The predicted molar refractivity (Wildman–Crippen MR) is 254 cm³/mol. The topological polar surface area (TPSA) is 17.8 Å². The smallest absolute Gasteiger partial charge is 0.155 e. The van der Waals surface area contributed by atoms with Crippen LogP contribution in [0.3, 0.4) is 0 Å². The third-order valence-corrected chi connectivity index (χ3v) is 14.0. The average molecular weight is 787 g/mol. The van der Waals surface area contributed by atoms with Gasteiger partial charge in [-0.3, -0.25) is 4.57 Å². The van der Waals surface area contributed by atoms with Crippen LogP contribution >= 0.6 is 22.7 Å². The Labute approximate surface area is 349 Å². The molecule has 0 saturated carbocycles. The van der Waals surface area contributed by atoms with Crippen molar-refractivity contribution in [2.45, 2.75) is 0 Å². The number of hydrogen-bond acceptors (Lipinski definition) is 3. The lowest BCUT2D eigenvalue weighted by Gasteiger charge is -2.19. The van der Waals surface area contributed by atoms with E-state index in [4.69, 9.17) is 4.98 Å². The van der Waals surface area contributed by atoms with E-state index >= 15 is 0 Å². The summed E-state index contributed by atoms with van der Waals surface area (Å²) in [5.41, 5.74) is 9.44. The van der Waals surface area contributed by atoms with Crippen molar-refractivity contribution >= 4 is 76.8 Å². The van der Waals surface area contributed by atoms with E-state index in [9.17, 15) is 0 Å². The number of fused-ring (bicyclic) bond motifs is 5. The fourth-order valence-corrected chi connectivity index (χ4v) is 11.0. The molecule has 3 heterocycles. The average Bonchev–Trinajstić information content (AvgIpc) is 4.08. The van der Waals surface area contributed by atoms with Crippen LogP contribution in [0.1, 0.15) is 0 Å². The molecule has 9 aromatic carbocycles. The van der Waals surface area contributed by atoms with Crippen LogP contribution in [0, 0.1) is 0 Å². The van der Waals surface area contributed by atoms with Gasteiger partial charge in [-0.1, -0.05) is 140 Å². The van der Waals surface area contributed by atoms with Crippen molar-refractivity contribution in [3.63, 3.8) is 0 Å². The molecule has 59 heavy (non-hydrogen) atoms. The van der Waals surface area contributed by atoms with Gasteiger partial charge in [0.05, 0.1) is 15.9 Å². The van der Waals surface area contributed by atoms with Crippen LogP contribution in [0.15, 0.2) is 206 Å². The Kier molecular flexibility index (Phi) is 7.93. The zero-order chi connectivity index (χ0) is 38.9. The molecule has 3 aromatic heterocycles. The van der Waals surface area contributed by atoms with Crippen LogP contribution in [-0.4, -0.2) is 9.55 Å². The van der Waals surface area contributed by atoms with Gasteiger partial charge in [0, 0.05) is 20.3 Å². The second-order valence-electron chi connectivity index (χ2n) is 15.1. The summed E-state index contributed by atoms with van der Waals surface area (Å²) in [5.74, 6) is 0.968. The molecule has 0 spiro atoms. The summed E-state index contributed by atoms with van der Waals surface area (Å²) in [5, 5.41) is 10.0. The van der Waals surface area contributed by atoms with E-state index in [2.05, 4.69) is 211 Å². The van der Waals surface area contributed by atoms with E-state index in [-0.39, 0.29) is 0 Å². The molecule has 0 saturated heterocycles. The zero-order valence-corrected chi connectivity index (χ0v) is 33.5. The number of imidazole rings is 1. The minimum atomic E-state index is 0.968. The maximum absolute atomic E-state index is 5.14. The highest BCUT2D eigenvalue weighted by Gasteiger charge is 2.20. The van der Waals surface area contributed by atoms with Gasteiger partial charge in [-0.2, -0.15) is 0 Å². The van der Waals surface area contributed by atoms with Gasteiger partial charge in [-0.15, -0.1) is 22.7 Å². The SMILES string of the molecule is c1ccc(-n2c(-c3ccc(-c4ccc(-c5ccc6c(-c7ccc8ccccc8c7)c7ccccc7c(-c7ccc8ccccc8c7)c6c5)s4)s3)nc3ccccc32)cc1. The molecule has 0 aliphatic carbocycles. The Morgan fingerprint density at radius 3 is 1.54 bits per heavy atom. The predicted octanol–water partition coefficient (Wildman–Crippen LogP) is 16.1. The fraction of sp³-hybridized carbons (Fsp3) is 0. The molecule has 0 N–H and O–H groups in total. The molecule has 0 fully saturated rings. The number of para-hydroxylation sites is 3. The van der Waals surface area contributed by atoms with Crippen LogP contribution in [-0.2, 0) is 0 Å². The summed E-state index contributed by atoms with van der Waals surface area (Å²) in [6.45, 7) is 0. The number of hydrogen-bond donors (Lipinski definition) is 0. The first-order valence-corrected chi connectivity index (χ1v) is 21.6. The molecule has 0 radical (unpaired) electrons. The first kappa shape index (κ1) is 34.0.